The summed E-state index contributed by atoms with van der Waals surface area (Å²) in [5.41, 5.74) is 0. The van der Waals surface area contributed by atoms with Crippen molar-refractivity contribution in [1.29, 1.82) is 0 Å². The van der Waals surface area contributed by atoms with Crippen LogP contribution in [-0.4, -0.2) is 33.0 Å². The van der Waals surface area contributed by atoms with Crippen molar-refractivity contribution in [2.24, 2.45) is 5.92 Å². The summed E-state index contributed by atoms with van der Waals surface area (Å²) >= 11 is 1.58. The van der Waals surface area contributed by atoms with Gasteiger partial charge in [0, 0.05) is 31.2 Å². The zero-order chi connectivity index (χ0) is 16.3. The Hall–Kier alpha value is -1.51. The Morgan fingerprint density at radius 1 is 1.39 bits per heavy atom. The third kappa shape index (κ3) is 3.88. The molecule has 23 heavy (non-hydrogen) atoms. The molecule has 2 heterocycles. The zero-order valence-electron chi connectivity index (χ0n) is 12.5. The Labute approximate surface area is 139 Å². The number of piperidine rings is 1. The van der Waals surface area contributed by atoms with Gasteiger partial charge in [-0.15, -0.1) is 11.3 Å². The lowest BCUT2D eigenvalue weighted by Gasteiger charge is -2.32. The molecule has 1 saturated heterocycles. The smallest absolute Gasteiger partial charge is 0.243 e. The first kappa shape index (κ1) is 16.4. The van der Waals surface area contributed by atoms with Crippen LogP contribution in [0.4, 0.5) is 9.52 Å². The van der Waals surface area contributed by atoms with Gasteiger partial charge in [-0.3, -0.25) is 0 Å². The molecule has 0 bridgehead atoms. The maximum atomic E-state index is 13.7. The van der Waals surface area contributed by atoms with E-state index < -0.39 is 15.8 Å². The second-order valence-electron chi connectivity index (χ2n) is 5.55. The Kier molecular flexibility index (Phi) is 4.93. The van der Waals surface area contributed by atoms with Gasteiger partial charge < -0.3 is 4.90 Å². The predicted octanol–water partition coefficient (Wildman–Crippen LogP) is 2.48. The molecule has 1 aliphatic rings. The van der Waals surface area contributed by atoms with E-state index in [2.05, 4.69) is 14.6 Å². The molecule has 1 unspecified atom stereocenters. The monoisotopic (exact) mass is 355 g/mol. The van der Waals surface area contributed by atoms with Gasteiger partial charge in [0.25, 0.3) is 0 Å². The third-order valence-corrected chi connectivity index (χ3v) is 6.19. The largest absolute Gasteiger partial charge is 0.348 e. The molecule has 0 radical (unpaired) electrons. The molecule has 1 aromatic carbocycles. The molecule has 2 aromatic rings. The van der Waals surface area contributed by atoms with E-state index in [-0.39, 0.29) is 10.8 Å². The number of thiazole rings is 1. The van der Waals surface area contributed by atoms with Gasteiger partial charge in [0.15, 0.2) is 5.13 Å². The average Bonchev–Trinajstić information content (AvgIpc) is 3.08. The lowest BCUT2D eigenvalue weighted by atomic mass is 9.99. The van der Waals surface area contributed by atoms with E-state index in [9.17, 15) is 12.8 Å². The first-order valence-corrected chi connectivity index (χ1v) is 9.81. The summed E-state index contributed by atoms with van der Waals surface area (Å²) in [5, 5.41) is 2.89. The molecular weight excluding hydrogens is 337 g/mol. The van der Waals surface area contributed by atoms with E-state index in [1.807, 2.05) is 5.38 Å². The highest BCUT2D eigenvalue weighted by Gasteiger charge is 2.24. The molecular formula is C15H18FN3O2S2. The molecule has 0 saturated carbocycles. The summed E-state index contributed by atoms with van der Waals surface area (Å²) in [6, 6.07) is 5.42. The Bertz CT molecular complexity index is 750. The fourth-order valence-electron chi connectivity index (χ4n) is 2.75. The zero-order valence-corrected chi connectivity index (χ0v) is 14.1. The summed E-state index contributed by atoms with van der Waals surface area (Å²) in [6.45, 7) is 2.00. The fraction of sp³-hybridized carbons (Fsp3) is 0.400. The lowest BCUT2D eigenvalue weighted by molar-refractivity contribution is 0.410. The minimum Gasteiger partial charge on any atom is -0.348 e. The lowest BCUT2D eigenvalue weighted by Crippen LogP contribution is -2.41. The van der Waals surface area contributed by atoms with Crippen molar-refractivity contribution in [3.05, 3.63) is 41.7 Å². The highest BCUT2D eigenvalue weighted by Crippen LogP contribution is 2.24. The molecule has 1 atom stereocenters. The molecule has 0 amide bonds. The number of nitrogens with zero attached hydrogens (tertiary/aromatic N) is 2. The Morgan fingerprint density at radius 2 is 2.22 bits per heavy atom. The van der Waals surface area contributed by atoms with Gasteiger partial charge in [-0.05, 0) is 30.9 Å². The van der Waals surface area contributed by atoms with Crippen LogP contribution in [0.1, 0.15) is 12.8 Å². The first-order chi connectivity index (χ1) is 11.1. The van der Waals surface area contributed by atoms with Crippen LogP contribution in [0.15, 0.2) is 40.7 Å². The quantitative estimate of drug-likeness (QED) is 0.895. The molecule has 0 aliphatic carbocycles. The van der Waals surface area contributed by atoms with Crippen LogP contribution < -0.4 is 9.62 Å². The molecule has 1 aromatic heterocycles. The van der Waals surface area contributed by atoms with Crippen molar-refractivity contribution < 1.29 is 12.8 Å². The maximum Gasteiger partial charge on any atom is 0.243 e. The van der Waals surface area contributed by atoms with Crippen molar-refractivity contribution in [1.82, 2.24) is 9.71 Å². The summed E-state index contributed by atoms with van der Waals surface area (Å²) in [7, 11) is -3.82. The number of rotatable bonds is 5. The van der Waals surface area contributed by atoms with Crippen LogP contribution in [0.5, 0.6) is 0 Å². The summed E-state index contributed by atoms with van der Waals surface area (Å²) < 4.78 is 40.7. The average molecular weight is 355 g/mol. The number of halogens is 1. The highest BCUT2D eigenvalue weighted by atomic mass is 32.2. The van der Waals surface area contributed by atoms with E-state index in [0.29, 0.717) is 6.54 Å². The molecule has 1 aliphatic heterocycles. The summed E-state index contributed by atoms with van der Waals surface area (Å²) in [4.78, 5) is 6.18. The van der Waals surface area contributed by atoms with Gasteiger partial charge in [0.1, 0.15) is 10.7 Å². The highest BCUT2D eigenvalue weighted by molar-refractivity contribution is 7.89. The molecule has 3 rings (SSSR count). The van der Waals surface area contributed by atoms with Crippen molar-refractivity contribution in [2.75, 3.05) is 24.5 Å². The van der Waals surface area contributed by atoms with Crippen molar-refractivity contribution in [3.8, 4) is 0 Å². The fourth-order valence-corrected chi connectivity index (χ4v) is 4.62. The van der Waals surface area contributed by atoms with E-state index >= 15 is 0 Å². The van der Waals surface area contributed by atoms with Gasteiger partial charge in [-0.1, -0.05) is 12.1 Å². The molecule has 0 spiro atoms. The molecule has 1 fully saturated rings. The molecule has 1 N–H and O–H groups in total. The molecule has 8 heteroatoms. The third-order valence-electron chi connectivity index (χ3n) is 3.90. The second kappa shape index (κ2) is 6.94. The minimum atomic E-state index is -3.82. The Morgan fingerprint density at radius 3 is 2.96 bits per heavy atom. The van der Waals surface area contributed by atoms with E-state index in [1.54, 1.807) is 17.5 Å². The minimum absolute atomic E-state index is 0.189. The normalized spacial score (nSPS) is 19.0. The SMILES string of the molecule is O=S(=O)(NCC1CCCN(c2nccs2)C1)c1ccccc1F. The number of benzene rings is 1. The van der Waals surface area contributed by atoms with Gasteiger partial charge >= 0.3 is 0 Å². The van der Waals surface area contributed by atoms with Crippen molar-refractivity contribution >= 4 is 26.5 Å². The van der Waals surface area contributed by atoms with Gasteiger partial charge in [0.2, 0.25) is 10.0 Å². The van der Waals surface area contributed by atoms with Gasteiger partial charge in [-0.2, -0.15) is 0 Å². The van der Waals surface area contributed by atoms with Crippen LogP contribution in [0.2, 0.25) is 0 Å². The van der Waals surface area contributed by atoms with Crippen LogP contribution in [0.3, 0.4) is 0 Å². The van der Waals surface area contributed by atoms with Crippen LogP contribution in [-0.2, 0) is 10.0 Å². The Balaban J connectivity index is 1.63. The molecule has 124 valence electrons. The van der Waals surface area contributed by atoms with Gasteiger partial charge in [-0.25, -0.2) is 22.5 Å². The first-order valence-electron chi connectivity index (χ1n) is 7.45. The number of nitrogens with one attached hydrogen (secondary N) is 1. The number of aromatic nitrogens is 1. The second-order valence-corrected chi connectivity index (χ2v) is 8.16. The van der Waals surface area contributed by atoms with E-state index in [0.717, 1.165) is 37.1 Å². The topological polar surface area (TPSA) is 62.3 Å². The molecule has 5 nitrogen and oxygen atoms in total. The standard InChI is InChI=1S/C15H18FN3O2S2/c16-13-5-1-2-6-14(13)23(20,21)18-10-12-4-3-8-19(11-12)15-17-7-9-22-15/h1-2,5-7,9,12,18H,3-4,8,10-11H2. The van der Waals surface area contributed by atoms with Gasteiger partial charge in [0.05, 0.1) is 0 Å². The van der Waals surface area contributed by atoms with Crippen molar-refractivity contribution in [3.63, 3.8) is 0 Å². The maximum absolute atomic E-state index is 13.7. The number of hydrogen-bond donors (Lipinski definition) is 1. The van der Waals surface area contributed by atoms with Crippen molar-refractivity contribution in [2.45, 2.75) is 17.7 Å². The summed E-state index contributed by atoms with van der Waals surface area (Å²) in [6.07, 6.45) is 3.71. The number of hydrogen-bond acceptors (Lipinski definition) is 5. The number of anilines is 1. The number of sulfonamides is 1. The van der Waals surface area contributed by atoms with E-state index in [1.165, 1.54) is 18.2 Å². The predicted molar refractivity (Wildman–Crippen MR) is 88.6 cm³/mol. The van der Waals surface area contributed by atoms with Crippen LogP contribution in [0.25, 0.3) is 0 Å². The van der Waals surface area contributed by atoms with Crippen LogP contribution in [0, 0.1) is 11.7 Å². The van der Waals surface area contributed by atoms with Crippen LogP contribution >= 0.6 is 11.3 Å². The summed E-state index contributed by atoms with van der Waals surface area (Å²) in [5.74, 6) is -0.540. The van der Waals surface area contributed by atoms with E-state index in [4.69, 9.17) is 0 Å².